The number of amides is 2. The number of likely N-dealkylation sites (tertiary alicyclic amines) is 1. The molecule has 9 nitrogen and oxygen atoms in total. The van der Waals surface area contributed by atoms with E-state index in [1.165, 1.54) is 0 Å². The number of halogens is 1. The molecule has 1 atom stereocenters. The lowest BCUT2D eigenvalue weighted by Gasteiger charge is -2.32. The number of nitrogens with two attached hydrogens (primary N) is 1. The molecule has 1 aromatic carbocycles. The third-order valence-electron chi connectivity index (χ3n) is 4.57. The molecule has 29 heavy (non-hydrogen) atoms. The monoisotopic (exact) mass is 423 g/mol. The van der Waals surface area contributed by atoms with Crippen molar-refractivity contribution in [2.75, 3.05) is 26.2 Å². The SMILES string of the molecule is Cc1nc(COc2ccccc2C(=O)N2CCCC(C(=O)NCCN)C2)no1.Cl. The molecule has 1 saturated heterocycles. The summed E-state index contributed by atoms with van der Waals surface area (Å²) >= 11 is 0. The lowest BCUT2D eigenvalue weighted by atomic mass is 9.96. The number of piperidine rings is 1. The van der Waals surface area contributed by atoms with E-state index in [-0.39, 0.29) is 36.7 Å². The summed E-state index contributed by atoms with van der Waals surface area (Å²) < 4.78 is 10.7. The molecule has 10 heteroatoms. The number of aryl methyl sites for hydroxylation is 1. The molecule has 1 aliphatic heterocycles. The van der Waals surface area contributed by atoms with Gasteiger partial charge >= 0.3 is 0 Å². The number of benzene rings is 1. The second-order valence-corrected chi connectivity index (χ2v) is 6.68. The number of carbonyl (C=O) groups excluding carboxylic acids is 2. The smallest absolute Gasteiger partial charge is 0.257 e. The average Bonchev–Trinajstić information content (AvgIpc) is 3.15. The predicted octanol–water partition coefficient (Wildman–Crippen LogP) is 1.31. The summed E-state index contributed by atoms with van der Waals surface area (Å²) in [5.41, 5.74) is 5.89. The maximum absolute atomic E-state index is 13.1. The summed E-state index contributed by atoms with van der Waals surface area (Å²) in [5.74, 6) is 0.880. The molecule has 0 bridgehead atoms. The van der Waals surface area contributed by atoms with Gasteiger partial charge < -0.3 is 25.2 Å². The fraction of sp³-hybridized carbons (Fsp3) is 0.474. The van der Waals surface area contributed by atoms with Crippen molar-refractivity contribution in [3.63, 3.8) is 0 Å². The Bertz CT molecular complexity index is 828. The Morgan fingerprint density at radius 3 is 2.90 bits per heavy atom. The maximum atomic E-state index is 13.1. The van der Waals surface area contributed by atoms with Gasteiger partial charge in [-0.25, -0.2) is 0 Å². The number of aromatic nitrogens is 2. The number of rotatable bonds is 7. The minimum absolute atomic E-state index is 0. The van der Waals surface area contributed by atoms with Gasteiger partial charge in [0.2, 0.25) is 17.6 Å². The molecule has 3 rings (SSSR count). The molecule has 0 saturated carbocycles. The van der Waals surface area contributed by atoms with Crippen LogP contribution in [0.3, 0.4) is 0 Å². The lowest BCUT2D eigenvalue weighted by molar-refractivity contribution is -0.126. The summed E-state index contributed by atoms with van der Waals surface area (Å²) in [5, 5.41) is 6.59. The van der Waals surface area contributed by atoms with Crippen LogP contribution >= 0.6 is 12.4 Å². The zero-order chi connectivity index (χ0) is 19.9. The highest BCUT2D eigenvalue weighted by atomic mass is 35.5. The van der Waals surface area contributed by atoms with Gasteiger partial charge in [0.05, 0.1) is 11.5 Å². The summed E-state index contributed by atoms with van der Waals surface area (Å²) in [6.07, 6.45) is 1.53. The van der Waals surface area contributed by atoms with E-state index in [1.807, 2.05) is 0 Å². The zero-order valence-electron chi connectivity index (χ0n) is 16.3. The minimum Gasteiger partial charge on any atom is -0.485 e. The van der Waals surface area contributed by atoms with Gasteiger partial charge in [-0.2, -0.15) is 4.98 Å². The number of carbonyl (C=O) groups is 2. The van der Waals surface area contributed by atoms with E-state index in [9.17, 15) is 9.59 Å². The topological polar surface area (TPSA) is 124 Å². The molecular formula is C19H26ClN5O4. The Labute approximate surface area is 175 Å². The molecule has 0 spiro atoms. The van der Waals surface area contributed by atoms with Crippen molar-refractivity contribution in [2.45, 2.75) is 26.4 Å². The van der Waals surface area contributed by atoms with E-state index >= 15 is 0 Å². The average molecular weight is 424 g/mol. The lowest BCUT2D eigenvalue weighted by Crippen LogP contribution is -2.46. The van der Waals surface area contributed by atoms with Gasteiger partial charge in [-0.15, -0.1) is 12.4 Å². The summed E-state index contributed by atoms with van der Waals surface area (Å²) in [6, 6.07) is 7.04. The van der Waals surface area contributed by atoms with Gasteiger partial charge in [0.1, 0.15) is 5.75 Å². The van der Waals surface area contributed by atoms with Crippen molar-refractivity contribution in [1.82, 2.24) is 20.4 Å². The van der Waals surface area contributed by atoms with Crippen LogP contribution in [0.4, 0.5) is 0 Å². The highest BCUT2D eigenvalue weighted by Crippen LogP contribution is 2.24. The molecule has 3 N–H and O–H groups in total. The molecule has 1 unspecified atom stereocenters. The molecule has 2 heterocycles. The van der Waals surface area contributed by atoms with Crippen LogP contribution < -0.4 is 15.8 Å². The number of ether oxygens (including phenoxy) is 1. The fourth-order valence-corrected chi connectivity index (χ4v) is 3.20. The van der Waals surface area contributed by atoms with Gasteiger partial charge in [0.25, 0.3) is 5.91 Å². The highest BCUT2D eigenvalue weighted by Gasteiger charge is 2.29. The van der Waals surface area contributed by atoms with Gasteiger partial charge in [-0.1, -0.05) is 17.3 Å². The number of para-hydroxylation sites is 1. The van der Waals surface area contributed by atoms with Crippen molar-refractivity contribution in [2.24, 2.45) is 11.7 Å². The van der Waals surface area contributed by atoms with Gasteiger partial charge in [-0.3, -0.25) is 9.59 Å². The molecule has 1 aliphatic rings. The first-order valence-electron chi connectivity index (χ1n) is 9.36. The summed E-state index contributed by atoms with van der Waals surface area (Å²) in [4.78, 5) is 31.1. The van der Waals surface area contributed by atoms with E-state index in [0.29, 0.717) is 49.2 Å². The normalized spacial score (nSPS) is 16.1. The third-order valence-corrected chi connectivity index (χ3v) is 4.57. The van der Waals surface area contributed by atoms with Crippen LogP contribution in [0.5, 0.6) is 5.75 Å². The van der Waals surface area contributed by atoms with Crippen molar-refractivity contribution >= 4 is 24.2 Å². The number of nitrogens with one attached hydrogen (secondary N) is 1. The molecule has 0 aliphatic carbocycles. The van der Waals surface area contributed by atoms with Crippen molar-refractivity contribution < 1.29 is 18.8 Å². The van der Waals surface area contributed by atoms with Gasteiger partial charge in [-0.05, 0) is 25.0 Å². The number of hydrogen-bond donors (Lipinski definition) is 2. The van der Waals surface area contributed by atoms with Crippen LogP contribution in [0, 0.1) is 12.8 Å². The van der Waals surface area contributed by atoms with Crippen molar-refractivity contribution in [1.29, 1.82) is 0 Å². The first-order chi connectivity index (χ1) is 13.6. The summed E-state index contributed by atoms with van der Waals surface area (Å²) in [6.45, 7) is 3.63. The number of nitrogens with zero attached hydrogens (tertiary/aromatic N) is 3. The van der Waals surface area contributed by atoms with Gasteiger partial charge in [0.15, 0.2) is 6.61 Å². The minimum atomic E-state index is -0.223. The Morgan fingerprint density at radius 1 is 1.38 bits per heavy atom. The molecule has 2 aromatic rings. The molecule has 0 radical (unpaired) electrons. The summed E-state index contributed by atoms with van der Waals surface area (Å²) in [7, 11) is 0. The van der Waals surface area contributed by atoms with E-state index < -0.39 is 0 Å². The van der Waals surface area contributed by atoms with Crippen LogP contribution in [0.2, 0.25) is 0 Å². The Hall–Kier alpha value is -2.65. The van der Waals surface area contributed by atoms with Gasteiger partial charge in [0, 0.05) is 33.1 Å². The molecule has 1 fully saturated rings. The first-order valence-corrected chi connectivity index (χ1v) is 9.36. The van der Waals surface area contributed by atoms with E-state index in [1.54, 1.807) is 36.1 Å². The Balaban J connectivity index is 0.00000300. The number of hydrogen-bond acceptors (Lipinski definition) is 7. The van der Waals surface area contributed by atoms with Crippen LogP contribution in [0.25, 0.3) is 0 Å². The standard InChI is InChI=1S/C19H25N5O4.ClH/c1-13-22-17(23-28-13)12-27-16-7-3-2-6-15(16)19(26)24-10-4-5-14(11-24)18(25)21-9-8-20;/h2-3,6-7,14H,4-5,8-12,20H2,1H3,(H,21,25);1H. The Kier molecular flexibility index (Phi) is 8.41. The third kappa shape index (κ3) is 5.91. The Morgan fingerprint density at radius 2 is 2.17 bits per heavy atom. The van der Waals surface area contributed by atoms with E-state index in [0.717, 1.165) is 12.8 Å². The molecule has 2 amide bonds. The fourth-order valence-electron chi connectivity index (χ4n) is 3.20. The second-order valence-electron chi connectivity index (χ2n) is 6.68. The van der Waals surface area contributed by atoms with Crippen molar-refractivity contribution in [3.8, 4) is 5.75 Å². The maximum Gasteiger partial charge on any atom is 0.257 e. The van der Waals surface area contributed by atoms with E-state index in [2.05, 4.69) is 15.5 Å². The first kappa shape index (κ1) is 22.6. The van der Waals surface area contributed by atoms with Crippen LogP contribution in [0.15, 0.2) is 28.8 Å². The second kappa shape index (κ2) is 10.8. The zero-order valence-corrected chi connectivity index (χ0v) is 17.1. The van der Waals surface area contributed by atoms with Crippen LogP contribution in [-0.2, 0) is 11.4 Å². The molecule has 158 valence electrons. The highest BCUT2D eigenvalue weighted by molar-refractivity contribution is 5.97. The largest absolute Gasteiger partial charge is 0.485 e. The van der Waals surface area contributed by atoms with E-state index in [4.69, 9.17) is 15.0 Å². The quantitative estimate of drug-likeness (QED) is 0.687. The molecule has 1 aromatic heterocycles. The predicted molar refractivity (Wildman–Crippen MR) is 108 cm³/mol. The van der Waals surface area contributed by atoms with Crippen LogP contribution in [-0.4, -0.2) is 53.0 Å². The van der Waals surface area contributed by atoms with Crippen LogP contribution in [0.1, 0.15) is 34.9 Å². The molecular weight excluding hydrogens is 398 g/mol. The van der Waals surface area contributed by atoms with Crippen molar-refractivity contribution in [3.05, 3.63) is 41.5 Å².